The van der Waals surface area contributed by atoms with Gasteiger partial charge in [0.15, 0.2) is 5.78 Å². The molecule has 1 aliphatic carbocycles. The summed E-state index contributed by atoms with van der Waals surface area (Å²) in [6.07, 6.45) is 5.35. The highest BCUT2D eigenvalue weighted by molar-refractivity contribution is 5.88. The van der Waals surface area contributed by atoms with Crippen LogP contribution in [0.5, 0.6) is 0 Å². The third-order valence-electron chi connectivity index (χ3n) is 3.79. The molecular weight excluding hydrogens is 222 g/mol. The summed E-state index contributed by atoms with van der Waals surface area (Å²) in [7, 11) is 0. The molecule has 2 rings (SSSR count). The van der Waals surface area contributed by atoms with Crippen molar-refractivity contribution in [1.82, 2.24) is 0 Å². The van der Waals surface area contributed by atoms with E-state index in [2.05, 4.69) is 6.07 Å². The Morgan fingerprint density at radius 1 is 1.44 bits per heavy atom. The fourth-order valence-corrected chi connectivity index (χ4v) is 2.80. The molecule has 0 radical (unpaired) electrons. The molecule has 0 heterocycles. The zero-order chi connectivity index (χ0) is 13.0. The minimum Gasteiger partial charge on any atom is -0.298 e. The van der Waals surface area contributed by atoms with Crippen LogP contribution >= 0.6 is 0 Å². The Labute approximate surface area is 109 Å². The molecule has 0 spiro atoms. The van der Waals surface area contributed by atoms with Crippen LogP contribution in [0.2, 0.25) is 0 Å². The van der Waals surface area contributed by atoms with Crippen molar-refractivity contribution in [2.75, 3.05) is 0 Å². The van der Waals surface area contributed by atoms with E-state index in [0.717, 1.165) is 24.0 Å². The standard InChI is InChI=1S/C16H19NO/c1-12-5-4-8-14(9-12)15(11-17)16(18)10-13-6-2-3-7-13/h4-5,8-9,13,15H,2-3,6-7,10H2,1H3. The average Bonchev–Trinajstić information content (AvgIpc) is 2.83. The first-order valence-electron chi connectivity index (χ1n) is 6.69. The van der Waals surface area contributed by atoms with Crippen LogP contribution in [0.1, 0.15) is 49.1 Å². The fraction of sp³-hybridized carbons (Fsp3) is 0.500. The summed E-state index contributed by atoms with van der Waals surface area (Å²) in [6, 6.07) is 9.90. The van der Waals surface area contributed by atoms with Gasteiger partial charge < -0.3 is 0 Å². The normalized spacial score (nSPS) is 17.3. The van der Waals surface area contributed by atoms with Gasteiger partial charge in [0, 0.05) is 6.42 Å². The van der Waals surface area contributed by atoms with Crippen molar-refractivity contribution >= 4 is 5.78 Å². The lowest BCUT2D eigenvalue weighted by Gasteiger charge is -2.12. The van der Waals surface area contributed by atoms with Gasteiger partial charge in [-0.2, -0.15) is 5.26 Å². The number of hydrogen-bond acceptors (Lipinski definition) is 2. The van der Waals surface area contributed by atoms with Gasteiger partial charge in [0.2, 0.25) is 0 Å². The van der Waals surface area contributed by atoms with E-state index < -0.39 is 5.92 Å². The molecule has 2 heteroatoms. The van der Waals surface area contributed by atoms with E-state index in [9.17, 15) is 10.1 Å². The predicted octanol–water partition coefficient (Wildman–Crippen LogP) is 3.75. The van der Waals surface area contributed by atoms with Gasteiger partial charge in [0.1, 0.15) is 5.92 Å². The van der Waals surface area contributed by atoms with Crippen molar-refractivity contribution in [3.05, 3.63) is 35.4 Å². The van der Waals surface area contributed by atoms with Crippen molar-refractivity contribution in [2.24, 2.45) is 5.92 Å². The summed E-state index contributed by atoms with van der Waals surface area (Å²) < 4.78 is 0. The largest absolute Gasteiger partial charge is 0.298 e. The zero-order valence-electron chi connectivity index (χ0n) is 10.9. The first-order valence-corrected chi connectivity index (χ1v) is 6.69. The van der Waals surface area contributed by atoms with E-state index in [0.29, 0.717) is 12.3 Å². The molecule has 1 aliphatic rings. The number of Topliss-reactive ketones (excluding diaryl/α,β-unsaturated/α-hetero) is 1. The van der Waals surface area contributed by atoms with Crippen LogP contribution in [0.15, 0.2) is 24.3 Å². The van der Waals surface area contributed by atoms with Gasteiger partial charge in [-0.3, -0.25) is 4.79 Å². The summed E-state index contributed by atoms with van der Waals surface area (Å²) in [6.45, 7) is 1.99. The molecule has 0 saturated heterocycles. The minimum atomic E-state index is -0.578. The zero-order valence-corrected chi connectivity index (χ0v) is 10.9. The van der Waals surface area contributed by atoms with Gasteiger partial charge >= 0.3 is 0 Å². The Morgan fingerprint density at radius 2 is 2.17 bits per heavy atom. The smallest absolute Gasteiger partial charge is 0.154 e. The average molecular weight is 241 g/mol. The van der Waals surface area contributed by atoms with E-state index in [-0.39, 0.29) is 5.78 Å². The summed E-state index contributed by atoms with van der Waals surface area (Å²) >= 11 is 0. The monoisotopic (exact) mass is 241 g/mol. The van der Waals surface area contributed by atoms with Gasteiger partial charge in [0.25, 0.3) is 0 Å². The van der Waals surface area contributed by atoms with E-state index in [1.54, 1.807) is 0 Å². The predicted molar refractivity (Wildman–Crippen MR) is 71.1 cm³/mol. The second-order valence-electron chi connectivity index (χ2n) is 5.30. The number of aryl methyl sites for hydroxylation is 1. The molecule has 0 bridgehead atoms. The highest BCUT2D eigenvalue weighted by Crippen LogP contribution is 2.30. The maximum atomic E-state index is 12.2. The van der Waals surface area contributed by atoms with Crippen molar-refractivity contribution in [3.8, 4) is 6.07 Å². The van der Waals surface area contributed by atoms with Crippen LogP contribution in [-0.2, 0) is 4.79 Å². The maximum absolute atomic E-state index is 12.2. The number of ketones is 1. The third kappa shape index (κ3) is 2.98. The molecule has 18 heavy (non-hydrogen) atoms. The van der Waals surface area contributed by atoms with Gasteiger partial charge in [-0.1, -0.05) is 55.5 Å². The van der Waals surface area contributed by atoms with E-state index in [1.165, 1.54) is 12.8 Å². The van der Waals surface area contributed by atoms with Gasteiger partial charge in [-0.25, -0.2) is 0 Å². The van der Waals surface area contributed by atoms with E-state index >= 15 is 0 Å². The second kappa shape index (κ2) is 5.82. The van der Waals surface area contributed by atoms with Gasteiger partial charge in [0.05, 0.1) is 6.07 Å². The van der Waals surface area contributed by atoms with Crippen LogP contribution in [0.25, 0.3) is 0 Å². The number of carbonyl (C=O) groups excluding carboxylic acids is 1. The Hall–Kier alpha value is -1.62. The molecule has 94 valence electrons. The molecule has 0 N–H and O–H groups in total. The van der Waals surface area contributed by atoms with Crippen LogP contribution in [-0.4, -0.2) is 5.78 Å². The molecule has 1 atom stereocenters. The van der Waals surface area contributed by atoms with Crippen LogP contribution in [0.4, 0.5) is 0 Å². The number of benzene rings is 1. The minimum absolute atomic E-state index is 0.0926. The molecule has 0 aromatic heterocycles. The SMILES string of the molecule is Cc1cccc(C(C#N)C(=O)CC2CCCC2)c1. The Balaban J connectivity index is 2.08. The summed E-state index contributed by atoms with van der Waals surface area (Å²) in [4.78, 5) is 12.2. The lowest BCUT2D eigenvalue weighted by Crippen LogP contribution is -2.14. The van der Waals surface area contributed by atoms with E-state index in [4.69, 9.17) is 0 Å². The molecule has 2 nitrogen and oxygen atoms in total. The molecule has 0 amide bonds. The highest BCUT2D eigenvalue weighted by atomic mass is 16.1. The van der Waals surface area contributed by atoms with Crippen LogP contribution < -0.4 is 0 Å². The molecule has 0 aliphatic heterocycles. The van der Waals surface area contributed by atoms with Gasteiger partial charge in [-0.15, -0.1) is 0 Å². The van der Waals surface area contributed by atoms with Crippen LogP contribution in [0.3, 0.4) is 0 Å². The lowest BCUT2D eigenvalue weighted by molar-refractivity contribution is -0.120. The van der Waals surface area contributed by atoms with Crippen molar-refractivity contribution in [1.29, 1.82) is 5.26 Å². The first kappa shape index (κ1) is 12.8. The summed E-state index contributed by atoms with van der Waals surface area (Å²) in [5.74, 6) is 0.0265. The number of nitrogens with zero attached hydrogens (tertiary/aromatic N) is 1. The van der Waals surface area contributed by atoms with E-state index in [1.807, 2.05) is 31.2 Å². The van der Waals surface area contributed by atoms with Crippen molar-refractivity contribution in [3.63, 3.8) is 0 Å². The number of rotatable bonds is 4. The molecule has 1 unspecified atom stereocenters. The Morgan fingerprint density at radius 3 is 2.78 bits per heavy atom. The topological polar surface area (TPSA) is 40.9 Å². The number of nitriles is 1. The fourth-order valence-electron chi connectivity index (χ4n) is 2.80. The number of hydrogen-bond donors (Lipinski definition) is 0. The molecule has 1 aromatic rings. The summed E-state index contributed by atoms with van der Waals surface area (Å²) in [5, 5.41) is 9.24. The number of carbonyl (C=O) groups is 1. The van der Waals surface area contributed by atoms with Crippen molar-refractivity contribution in [2.45, 2.75) is 44.9 Å². The second-order valence-corrected chi connectivity index (χ2v) is 5.30. The van der Waals surface area contributed by atoms with Gasteiger partial charge in [-0.05, 0) is 18.4 Å². The molecule has 1 aromatic carbocycles. The Bertz CT molecular complexity index is 466. The lowest BCUT2D eigenvalue weighted by atomic mass is 9.89. The Kier molecular flexibility index (Phi) is 4.15. The molecule has 1 saturated carbocycles. The van der Waals surface area contributed by atoms with Crippen molar-refractivity contribution < 1.29 is 4.79 Å². The summed E-state index contributed by atoms with van der Waals surface area (Å²) in [5.41, 5.74) is 1.95. The highest BCUT2D eigenvalue weighted by Gasteiger charge is 2.25. The quantitative estimate of drug-likeness (QED) is 0.805. The molecule has 1 fully saturated rings. The molecular formula is C16H19NO. The third-order valence-corrected chi connectivity index (χ3v) is 3.79. The van der Waals surface area contributed by atoms with Crippen LogP contribution in [0, 0.1) is 24.2 Å². The maximum Gasteiger partial charge on any atom is 0.154 e. The first-order chi connectivity index (χ1) is 8.70.